The molecule has 2 aromatic carbocycles. The van der Waals surface area contributed by atoms with Crippen LogP contribution in [0.3, 0.4) is 0 Å². The predicted molar refractivity (Wildman–Crippen MR) is 149 cm³/mol. The summed E-state index contributed by atoms with van der Waals surface area (Å²) in [7, 11) is -0.338. The molecular formula is C29H40BNO2Si. The summed E-state index contributed by atoms with van der Waals surface area (Å²) in [5.74, 6) is 0.889. The number of hydrogen-bond acceptors (Lipinski definition) is 2. The summed E-state index contributed by atoms with van der Waals surface area (Å²) >= 11 is 0. The van der Waals surface area contributed by atoms with Crippen LogP contribution in [0.4, 0.5) is 0 Å². The van der Waals surface area contributed by atoms with E-state index in [0.29, 0.717) is 0 Å². The van der Waals surface area contributed by atoms with Crippen LogP contribution in [0, 0.1) is 5.41 Å². The maximum Gasteiger partial charge on any atom is 0.455 e. The molecule has 0 bridgehead atoms. The molecule has 3 aromatic rings. The van der Waals surface area contributed by atoms with Crippen molar-refractivity contribution >= 4 is 37.4 Å². The van der Waals surface area contributed by atoms with Crippen LogP contribution in [0.2, 0.25) is 12.5 Å². The van der Waals surface area contributed by atoms with Gasteiger partial charge in [0.25, 0.3) is 0 Å². The average molecular weight is 474 g/mol. The molecule has 1 saturated heterocycles. The Morgan fingerprint density at radius 1 is 0.971 bits per heavy atom. The SMILES string of the molecule is Cn1ccc2cc(/C=C(\C(C)(C)C)[Si](C)(CB3OC(C)(C)C(C)(C)O3)c3ccccc3)ccc21. The lowest BCUT2D eigenvalue weighted by atomic mass is 9.90. The highest BCUT2D eigenvalue weighted by Gasteiger charge is 2.54. The molecule has 3 nitrogen and oxygen atoms in total. The largest absolute Gasteiger partial charge is 0.455 e. The highest BCUT2D eigenvalue weighted by atomic mass is 28.3. The standard InChI is InChI=1S/C29H40BNO2Si/c1-27(2,3)26(20-22-15-16-25-23(19-22)17-18-31(25)8)34(9,24-13-11-10-12-14-24)21-30-32-28(4,5)29(6,7)33-30/h10-20H,21H2,1-9H3/b26-20+. The molecule has 1 aliphatic rings. The third-order valence-electron chi connectivity index (χ3n) is 7.91. The molecule has 0 saturated carbocycles. The van der Waals surface area contributed by atoms with Crippen LogP contribution in [0.15, 0.2) is 66.0 Å². The molecule has 1 atom stereocenters. The molecule has 34 heavy (non-hydrogen) atoms. The van der Waals surface area contributed by atoms with E-state index in [4.69, 9.17) is 9.31 Å². The van der Waals surface area contributed by atoms with Crippen molar-refractivity contribution in [2.24, 2.45) is 12.5 Å². The van der Waals surface area contributed by atoms with Gasteiger partial charge >= 0.3 is 7.12 Å². The molecule has 0 N–H and O–H groups in total. The van der Waals surface area contributed by atoms with Gasteiger partial charge in [0.1, 0.15) is 8.07 Å². The highest BCUT2D eigenvalue weighted by Crippen LogP contribution is 2.42. The summed E-state index contributed by atoms with van der Waals surface area (Å²) in [5.41, 5.74) is 1.87. The van der Waals surface area contributed by atoms with Gasteiger partial charge in [-0.15, -0.1) is 0 Å². The quantitative estimate of drug-likeness (QED) is 0.382. The predicted octanol–water partition coefficient (Wildman–Crippen LogP) is 6.76. The zero-order valence-electron chi connectivity index (χ0n) is 22.4. The van der Waals surface area contributed by atoms with Gasteiger partial charge in [0, 0.05) is 24.1 Å². The van der Waals surface area contributed by atoms with E-state index in [1.807, 2.05) is 0 Å². The van der Waals surface area contributed by atoms with Gasteiger partial charge in [-0.05, 0) is 62.8 Å². The lowest BCUT2D eigenvalue weighted by Gasteiger charge is -2.39. The third-order valence-corrected chi connectivity index (χ3v) is 12.8. The van der Waals surface area contributed by atoms with Crippen LogP contribution in [0.5, 0.6) is 0 Å². The lowest BCUT2D eigenvalue weighted by Crippen LogP contribution is -2.53. The number of aromatic nitrogens is 1. The zero-order chi connectivity index (χ0) is 24.9. The number of fused-ring (bicyclic) bond motifs is 1. The first-order valence-electron chi connectivity index (χ1n) is 12.4. The van der Waals surface area contributed by atoms with Crippen molar-refractivity contribution in [1.82, 2.24) is 4.57 Å². The van der Waals surface area contributed by atoms with Gasteiger partial charge in [0.05, 0.1) is 11.2 Å². The third kappa shape index (κ3) is 4.58. The van der Waals surface area contributed by atoms with Gasteiger partial charge in [-0.1, -0.05) is 80.2 Å². The molecule has 5 heteroatoms. The summed E-state index contributed by atoms with van der Waals surface area (Å²) in [6.07, 6.45) is 4.58. The number of benzene rings is 2. The molecule has 0 amide bonds. The van der Waals surface area contributed by atoms with Crippen molar-refractivity contribution < 1.29 is 9.31 Å². The van der Waals surface area contributed by atoms with Gasteiger partial charge in [-0.3, -0.25) is 0 Å². The number of allylic oxidation sites excluding steroid dienone is 1. The van der Waals surface area contributed by atoms with Crippen molar-refractivity contribution in [3.63, 3.8) is 0 Å². The lowest BCUT2D eigenvalue weighted by molar-refractivity contribution is 0.00578. The minimum absolute atomic E-state index is 0.00605. The fraction of sp³-hybridized carbons (Fsp3) is 0.448. The summed E-state index contributed by atoms with van der Waals surface area (Å²) in [6.45, 7) is 18.1. The van der Waals surface area contributed by atoms with E-state index in [1.165, 1.54) is 26.8 Å². The highest BCUT2D eigenvalue weighted by molar-refractivity contribution is 7.02. The van der Waals surface area contributed by atoms with Crippen molar-refractivity contribution in [2.75, 3.05) is 0 Å². The smallest absolute Gasteiger partial charge is 0.403 e. The summed E-state index contributed by atoms with van der Waals surface area (Å²) in [6, 6.07) is 20.0. The fourth-order valence-corrected chi connectivity index (χ4v) is 10.00. The van der Waals surface area contributed by atoms with Gasteiger partial charge < -0.3 is 13.9 Å². The van der Waals surface area contributed by atoms with E-state index < -0.39 is 8.07 Å². The van der Waals surface area contributed by atoms with E-state index in [1.54, 1.807) is 0 Å². The summed E-state index contributed by atoms with van der Waals surface area (Å²) < 4.78 is 15.2. The molecule has 4 rings (SSSR count). The molecule has 0 spiro atoms. The van der Waals surface area contributed by atoms with Crippen molar-refractivity contribution in [3.8, 4) is 0 Å². The van der Waals surface area contributed by atoms with Crippen LogP contribution >= 0.6 is 0 Å². The minimum Gasteiger partial charge on any atom is -0.403 e. The Labute approximate surface area is 207 Å². The van der Waals surface area contributed by atoms with Crippen molar-refractivity contribution in [3.05, 3.63) is 71.6 Å². The Morgan fingerprint density at radius 3 is 2.18 bits per heavy atom. The Balaban J connectivity index is 1.83. The maximum atomic E-state index is 6.54. The van der Waals surface area contributed by atoms with Gasteiger partial charge in [-0.25, -0.2) is 0 Å². The van der Waals surface area contributed by atoms with E-state index in [9.17, 15) is 0 Å². The molecule has 180 valence electrons. The van der Waals surface area contributed by atoms with Crippen LogP contribution in [0.1, 0.15) is 54.0 Å². The zero-order valence-corrected chi connectivity index (χ0v) is 23.4. The Bertz CT molecular complexity index is 1190. The number of rotatable bonds is 5. The van der Waals surface area contributed by atoms with Crippen LogP contribution in [-0.2, 0) is 16.4 Å². The summed E-state index contributed by atoms with van der Waals surface area (Å²) in [5, 5.41) is 4.21. The molecule has 1 aromatic heterocycles. The second kappa shape index (κ2) is 8.54. The van der Waals surface area contributed by atoms with Gasteiger partial charge in [-0.2, -0.15) is 0 Å². The van der Waals surface area contributed by atoms with Crippen molar-refractivity contribution in [1.29, 1.82) is 0 Å². The minimum atomic E-state index is -2.22. The van der Waals surface area contributed by atoms with Crippen molar-refractivity contribution in [2.45, 2.75) is 72.2 Å². The second-order valence-corrected chi connectivity index (χ2v) is 16.3. The molecule has 0 radical (unpaired) electrons. The monoisotopic (exact) mass is 473 g/mol. The molecular weight excluding hydrogens is 433 g/mol. The molecule has 1 fully saturated rings. The first-order valence-corrected chi connectivity index (χ1v) is 15.1. The molecule has 1 aliphatic heterocycles. The van der Waals surface area contributed by atoms with E-state index in [-0.39, 0.29) is 23.7 Å². The van der Waals surface area contributed by atoms with E-state index >= 15 is 0 Å². The normalized spacial score (nSPS) is 20.0. The Kier molecular flexibility index (Phi) is 6.29. The maximum absolute atomic E-state index is 6.54. The second-order valence-electron chi connectivity index (χ2n) is 12.1. The first kappa shape index (κ1) is 25.0. The average Bonchev–Trinajstić information content (AvgIpc) is 3.20. The van der Waals surface area contributed by atoms with Gasteiger partial charge in [0.2, 0.25) is 0 Å². The molecule has 0 aliphatic carbocycles. The topological polar surface area (TPSA) is 23.4 Å². The number of nitrogens with zero attached hydrogens (tertiary/aromatic N) is 1. The van der Waals surface area contributed by atoms with Crippen LogP contribution in [-0.4, -0.2) is 31.0 Å². The molecule has 1 unspecified atom stereocenters. The summed E-state index contributed by atoms with van der Waals surface area (Å²) in [4.78, 5) is 0. The molecule has 2 heterocycles. The Morgan fingerprint density at radius 2 is 1.59 bits per heavy atom. The fourth-order valence-electron chi connectivity index (χ4n) is 5.33. The number of aryl methyl sites for hydroxylation is 1. The Hall–Kier alpha value is -2.08. The van der Waals surface area contributed by atoms with Crippen LogP contribution in [0.25, 0.3) is 17.0 Å². The van der Waals surface area contributed by atoms with E-state index in [2.05, 4.69) is 133 Å². The number of hydrogen-bond donors (Lipinski definition) is 0. The van der Waals surface area contributed by atoms with Crippen LogP contribution < -0.4 is 5.19 Å². The van der Waals surface area contributed by atoms with Gasteiger partial charge in [0.15, 0.2) is 0 Å². The first-order chi connectivity index (χ1) is 15.7. The van der Waals surface area contributed by atoms with E-state index in [0.717, 1.165) is 5.94 Å².